The van der Waals surface area contributed by atoms with Gasteiger partial charge in [0.2, 0.25) is 0 Å². The summed E-state index contributed by atoms with van der Waals surface area (Å²) in [6, 6.07) is 9.31. The Kier molecular flexibility index (Phi) is 4.81. The second kappa shape index (κ2) is 6.59. The molecule has 2 rings (SSSR count). The molecule has 2 aromatic rings. The maximum Gasteiger partial charge on any atom is 0.258 e. The Balaban J connectivity index is 2.27. The van der Waals surface area contributed by atoms with Gasteiger partial charge in [0.15, 0.2) is 0 Å². The molecule has 0 aliphatic heterocycles. The van der Waals surface area contributed by atoms with Gasteiger partial charge in [-0.05, 0) is 49.7 Å². The third kappa shape index (κ3) is 3.73. The van der Waals surface area contributed by atoms with Crippen molar-refractivity contribution in [3.05, 3.63) is 58.4 Å². The van der Waals surface area contributed by atoms with E-state index in [0.29, 0.717) is 18.0 Å². The number of carbonyl (C=O) groups is 1. The van der Waals surface area contributed by atoms with Crippen molar-refractivity contribution in [1.82, 2.24) is 0 Å². The van der Waals surface area contributed by atoms with Crippen LogP contribution in [0.15, 0.2) is 36.4 Å². The lowest BCUT2D eigenvalue weighted by molar-refractivity contribution is 0.102. The molecule has 2 aromatic carbocycles. The molecule has 21 heavy (non-hydrogen) atoms. The Hall–Kier alpha value is -2.07. The number of aryl methyl sites for hydroxylation is 1. The van der Waals surface area contributed by atoms with Crippen LogP contribution < -0.4 is 10.1 Å². The zero-order valence-electron chi connectivity index (χ0n) is 11.7. The quantitative estimate of drug-likeness (QED) is 0.907. The van der Waals surface area contributed by atoms with E-state index in [2.05, 4.69) is 5.32 Å². The van der Waals surface area contributed by atoms with Gasteiger partial charge in [0.1, 0.15) is 11.6 Å². The maximum absolute atomic E-state index is 13.7. The molecule has 0 saturated carbocycles. The Morgan fingerprint density at radius 2 is 2.05 bits per heavy atom. The molecule has 0 atom stereocenters. The van der Waals surface area contributed by atoms with Crippen molar-refractivity contribution in [1.29, 1.82) is 0 Å². The molecule has 5 heteroatoms. The summed E-state index contributed by atoms with van der Waals surface area (Å²) >= 11 is 5.67. The molecule has 0 aromatic heterocycles. The highest BCUT2D eigenvalue weighted by Crippen LogP contribution is 2.26. The lowest BCUT2D eigenvalue weighted by Gasteiger charge is -2.12. The minimum absolute atomic E-state index is 0.0672. The van der Waals surface area contributed by atoms with Gasteiger partial charge in [-0.3, -0.25) is 4.79 Å². The molecule has 0 unspecified atom stereocenters. The second-order valence-electron chi connectivity index (χ2n) is 4.51. The summed E-state index contributed by atoms with van der Waals surface area (Å²) in [6.45, 7) is 4.25. The first kappa shape index (κ1) is 15.3. The number of nitrogens with one attached hydrogen (secondary N) is 1. The molecular weight excluding hydrogens is 293 g/mol. The predicted molar refractivity (Wildman–Crippen MR) is 81.7 cm³/mol. The fourth-order valence-corrected chi connectivity index (χ4v) is 2.03. The number of amides is 1. The minimum Gasteiger partial charge on any atom is -0.492 e. The number of hydrogen-bond donors (Lipinski definition) is 1. The first-order valence-corrected chi connectivity index (χ1v) is 6.89. The van der Waals surface area contributed by atoms with Crippen molar-refractivity contribution in [3.8, 4) is 5.75 Å². The van der Waals surface area contributed by atoms with Gasteiger partial charge in [0.05, 0.1) is 17.9 Å². The number of halogens is 2. The third-order valence-electron chi connectivity index (χ3n) is 2.86. The molecule has 0 aliphatic rings. The highest BCUT2D eigenvalue weighted by atomic mass is 35.5. The maximum atomic E-state index is 13.7. The lowest BCUT2D eigenvalue weighted by atomic mass is 10.1. The van der Waals surface area contributed by atoms with Crippen LogP contribution in [0.4, 0.5) is 10.1 Å². The fourth-order valence-electron chi connectivity index (χ4n) is 1.87. The first-order chi connectivity index (χ1) is 10.0. The number of carbonyl (C=O) groups excluding carboxylic acids is 1. The summed E-state index contributed by atoms with van der Waals surface area (Å²) < 4.78 is 19.2. The van der Waals surface area contributed by atoms with E-state index >= 15 is 0 Å². The number of hydrogen-bond acceptors (Lipinski definition) is 2. The highest BCUT2D eigenvalue weighted by molar-refractivity contribution is 6.30. The summed E-state index contributed by atoms with van der Waals surface area (Å²) in [7, 11) is 0. The number of rotatable bonds is 4. The lowest BCUT2D eigenvalue weighted by Crippen LogP contribution is -2.14. The second-order valence-corrected chi connectivity index (χ2v) is 4.95. The molecule has 1 N–H and O–H groups in total. The van der Waals surface area contributed by atoms with E-state index in [9.17, 15) is 9.18 Å². The molecule has 3 nitrogen and oxygen atoms in total. The summed E-state index contributed by atoms with van der Waals surface area (Å²) in [5, 5.41) is 2.90. The molecule has 0 bridgehead atoms. The molecule has 0 radical (unpaired) electrons. The monoisotopic (exact) mass is 307 g/mol. The van der Waals surface area contributed by atoms with Crippen LogP contribution in [0, 0.1) is 12.7 Å². The molecular formula is C16H15ClFNO2. The zero-order valence-corrected chi connectivity index (χ0v) is 12.5. The van der Waals surface area contributed by atoms with Crippen LogP contribution >= 0.6 is 11.6 Å². The van der Waals surface area contributed by atoms with E-state index in [0.717, 1.165) is 11.6 Å². The van der Waals surface area contributed by atoms with Gasteiger partial charge < -0.3 is 10.1 Å². The van der Waals surface area contributed by atoms with Crippen LogP contribution in [-0.4, -0.2) is 12.5 Å². The van der Waals surface area contributed by atoms with Crippen LogP contribution in [0.3, 0.4) is 0 Å². The SMILES string of the molecule is CCOc1cc(C)ccc1NC(=O)c1ccc(Cl)cc1F. The zero-order chi connectivity index (χ0) is 15.4. The molecule has 0 saturated heterocycles. The topological polar surface area (TPSA) is 38.3 Å². The Morgan fingerprint density at radius 1 is 1.29 bits per heavy atom. The number of anilines is 1. The summed E-state index contributed by atoms with van der Waals surface area (Å²) in [6.07, 6.45) is 0. The van der Waals surface area contributed by atoms with Crippen molar-refractivity contribution in [3.63, 3.8) is 0 Å². The van der Waals surface area contributed by atoms with Crippen molar-refractivity contribution in [2.75, 3.05) is 11.9 Å². The van der Waals surface area contributed by atoms with Crippen LogP contribution in [0.1, 0.15) is 22.8 Å². The molecule has 0 fully saturated rings. The van der Waals surface area contributed by atoms with E-state index in [1.165, 1.54) is 12.1 Å². The predicted octanol–water partition coefficient (Wildman–Crippen LogP) is 4.44. The normalized spacial score (nSPS) is 10.3. The molecule has 1 amide bonds. The largest absolute Gasteiger partial charge is 0.492 e. The average Bonchev–Trinajstić information content (AvgIpc) is 2.42. The van der Waals surface area contributed by atoms with Crippen LogP contribution in [0.2, 0.25) is 5.02 Å². The Labute approximate surface area is 127 Å². The number of ether oxygens (including phenoxy) is 1. The molecule has 110 valence electrons. The van der Waals surface area contributed by atoms with Crippen molar-refractivity contribution in [2.24, 2.45) is 0 Å². The Bertz CT molecular complexity index is 673. The minimum atomic E-state index is -0.662. The van der Waals surface area contributed by atoms with Gasteiger partial charge in [-0.2, -0.15) is 0 Å². The Morgan fingerprint density at radius 3 is 2.71 bits per heavy atom. The summed E-state index contributed by atoms with van der Waals surface area (Å²) in [4.78, 5) is 12.1. The van der Waals surface area contributed by atoms with Crippen molar-refractivity contribution in [2.45, 2.75) is 13.8 Å². The van der Waals surface area contributed by atoms with Gasteiger partial charge in [-0.25, -0.2) is 4.39 Å². The summed E-state index contributed by atoms with van der Waals surface area (Å²) in [5.41, 5.74) is 1.44. The van der Waals surface area contributed by atoms with Gasteiger partial charge in [0, 0.05) is 5.02 Å². The van der Waals surface area contributed by atoms with Gasteiger partial charge in [0.25, 0.3) is 5.91 Å². The van der Waals surface area contributed by atoms with E-state index in [1.807, 2.05) is 26.0 Å². The standard InChI is InChI=1S/C16H15ClFNO2/c1-3-21-15-8-10(2)4-7-14(15)19-16(20)12-6-5-11(17)9-13(12)18/h4-9H,3H2,1-2H3,(H,19,20). The highest BCUT2D eigenvalue weighted by Gasteiger charge is 2.14. The summed E-state index contributed by atoms with van der Waals surface area (Å²) in [5.74, 6) is -0.653. The van der Waals surface area contributed by atoms with Crippen LogP contribution in [0.5, 0.6) is 5.75 Å². The van der Waals surface area contributed by atoms with E-state index in [1.54, 1.807) is 6.07 Å². The molecule has 0 spiro atoms. The third-order valence-corrected chi connectivity index (χ3v) is 3.10. The molecule has 0 aliphatic carbocycles. The number of benzene rings is 2. The van der Waals surface area contributed by atoms with Gasteiger partial charge in [-0.1, -0.05) is 17.7 Å². The fraction of sp³-hybridized carbons (Fsp3) is 0.188. The van der Waals surface area contributed by atoms with Crippen molar-refractivity contribution >= 4 is 23.2 Å². The van der Waals surface area contributed by atoms with E-state index in [4.69, 9.17) is 16.3 Å². The smallest absolute Gasteiger partial charge is 0.258 e. The van der Waals surface area contributed by atoms with Gasteiger partial charge in [-0.15, -0.1) is 0 Å². The van der Waals surface area contributed by atoms with Crippen LogP contribution in [-0.2, 0) is 0 Å². The van der Waals surface area contributed by atoms with Crippen molar-refractivity contribution < 1.29 is 13.9 Å². The average molecular weight is 308 g/mol. The van der Waals surface area contributed by atoms with E-state index < -0.39 is 11.7 Å². The molecule has 0 heterocycles. The van der Waals surface area contributed by atoms with Crippen LogP contribution in [0.25, 0.3) is 0 Å². The van der Waals surface area contributed by atoms with Gasteiger partial charge >= 0.3 is 0 Å². The first-order valence-electron chi connectivity index (χ1n) is 6.51. The van der Waals surface area contributed by atoms with E-state index in [-0.39, 0.29) is 10.6 Å².